The van der Waals surface area contributed by atoms with E-state index >= 15 is 0 Å². The van der Waals surface area contributed by atoms with Crippen LogP contribution in [0, 0.1) is 11.8 Å². The largest absolute Gasteiger partial charge is 0.316 e. The van der Waals surface area contributed by atoms with Crippen LogP contribution in [0.3, 0.4) is 0 Å². The van der Waals surface area contributed by atoms with Gasteiger partial charge >= 0.3 is 0 Å². The zero-order valence-electron chi connectivity index (χ0n) is 11.0. The molecule has 2 unspecified atom stereocenters. The second kappa shape index (κ2) is 7.44. The minimum atomic E-state index is -0.629. The zero-order valence-corrected chi connectivity index (χ0v) is 11.8. The van der Waals surface area contributed by atoms with E-state index < -0.39 is 10.8 Å². The van der Waals surface area contributed by atoms with Crippen molar-refractivity contribution in [3.63, 3.8) is 0 Å². The molecule has 1 saturated carbocycles. The smallest absolute Gasteiger partial charge is 0.0391 e. The van der Waals surface area contributed by atoms with Crippen LogP contribution in [0.5, 0.6) is 0 Å². The molecule has 0 heterocycles. The second-order valence-electron chi connectivity index (χ2n) is 5.43. The van der Waals surface area contributed by atoms with Crippen LogP contribution in [0.1, 0.15) is 46.0 Å². The Morgan fingerprint density at radius 3 is 2.44 bits per heavy atom. The van der Waals surface area contributed by atoms with E-state index in [2.05, 4.69) is 19.2 Å². The van der Waals surface area contributed by atoms with Crippen molar-refractivity contribution < 1.29 is 4.21 Å². The summed E-state index contributed by atoms with van der Waals surface area (Å²) in [5.41, 5.74) is 0. The zero-order chi connectivity index (χ0) is 12.0. The standard InChI is InChI=1S/C13H27NOS/c1-11(2)8-9-16(15)10-13(14-3)12-6-4-5-7-12/h11-14H,4-10H2,1-3H3. The van der Waals surface area contributed by atoms with Gasteiger partial charge in [-0.15, -0.1) is 0 Å². The maximum Gasteiger partial charge on any atom is 0.0391 e. The summed E-state index contributed by atoms with van der Waals surface area (Å²) in [4.78, 5) is 0. The lowest BCUT2D eigenvalue weighted by Gasteiger charge is -2.22. The highest BCUT2D eigenvalue weighted by Crippen LogP contribution is 2.28. The molecule has 1 rings (SSSR count). The summed E-state index contributed by atoms with van der Waals surface area (Å²) >= 11 is 0. The average Bonchev–Trinajstić information content (AvgIpc) is 2.76. The van der Waals surface area contributed by atoms with E-state index in [1.807, 2.05) is 7.05 Å². The molecule has 1 N–H and O–H groups in total. The first-order valence-electron chi connectivity index (χ1n) is 6.65. The maximum absolute atomic E-state index is 11.9. The van der Waals surface area contributed by atoms with Gasteiger partial charge in [0.25, 0.3) is 0 Å². The third-order valence-electron chi connectivity index (χ3n) is 3.63. The lowest BCUT2D eigenvalue weighted by atomic mass is 10.0. The molecule has 0 aromatic heterocycles. The third-order valence-corrected chi connectivity index (χ3v) is 5.05. The van der Waals surface area contributed by atoms with E-state index in [-0.39, 0.29) is 0 Å². The molecule has 0 spiro atoms. The molecular weight excluding hydrogens is 218 g/mol. The van der Waals surface area contributed by atoms with Crippen molar-refractivity contribution in [1.29, 1.82) is 0 Å². The van der Waals surface area contributed by atoms with E-state index in [9.17, 15) is 4.21 Å². The summed E-state index contributed by atoms with van der Waals surface area (Å²) in [5.74, 6) is 3.17. The Morgan fingerprint density at radius 1 is 1.31 bits per heavy atom. The monoisotopic (exact) mass is 245 g/mol. The van der Waals surface area contributed by atoms with E-state index in [0.717, 1.165) is 23.8 Å². The Labute approximate surface area is 103 Å². The fourth-order valence-electron chi connectivity index (χ4n) is 2.47. The number of hydrogen-bond donors (Lipinski definition) is 1. The summed E-state index contributed by atoms with van der Waals surface area (Å²) in [7, 11) is 1.39. The first kappa shape index (κ1) is 14.2. The molecule has 96 valence electrons. The Hall–Kier alpha value is 0.110. The summed E-state index contributed by atoms with van der Waals surface area (Å²) in [6.45, 7) is 4.40. The molecule has 1 aliphatic rings. The molecule has 0 saturated heterocycles. The van der Waals surface area contributed by atoms with Gasteiger partial charge < -0.3 is 5.32 Å². The van der Waals surface area contributed by atoms with Gasteiger partial charge in [-0.25, -0.2) is 0 Å². The van der Waals surface area contributed by atoms with Crippen molar-refractivity contribution in [2.45, 2.75) is 52.0 Å². The van der Waals surface area contributed by atoms with Crippen molar-refractivity contribution in [3.05, 3.63) is 0 Å². The van der Waals surface area contributed by atoms with Crippen molar-refractivity contribution >= 4 is 10.8 Å². The van der Waals surface area contributed by atoms with Crippen molar-refractivity contribution in [3.8, 4) is 0 Å². The molecule has 0 radical (unpaired) electrons. The van der Waals surface area contributed by atoms with Crippen molar-refractivity contribution in [2.24, 2.45) is 11.8 Å². The second-order valence-corrected chi connectivity index (χ2v) is 7.05. The summed E-state index contributed by atoms with van der Waals surface area (Å²) in [6.07, 6.45) is 6.47. The highest BCUT2D eigenvalue weighted by atomic mass is 32.2. The molecule has 0 bridgehead atoms. The third kappa shape index (κ3) is 4.96. The first-order valence-corrected chi connectivity index (χ1v) is 8.14. The van der Waals surface area contributed by atoms with Crippen LogP contribution < -0.4 is 5.32 Å². The lowest BCUT2D eigenvalue weighted by molar-refractivity contribution is 0.407. The van der Waals surface area contributed by atoms with Gasteiger partial charge in [0.05, 0.1) is 0 Å². The Morgan fingerprint density at radius 2 is 1.94 bits per heavy atom. The van der Waals surface area contributed by atoms with Crippen LogP contribution in [0.2, 0.25) is 0 Å². The molecule has 0 aromatic rings. The van der Waals surface area contributed by atoms with Crippen molar-refractivity contribution in [2.75, 3.05) is 18.6 Å². The number of hydrogen-bond acceptors (Lipinski definition) is 2. The van der Waals surface area contributed by atoms with Gasteiger partial charge in [-0.3, -0.25) is 4.21 Å². The van der Waals surface area contributed by atoms with Crippen LogP contribution in [0.25, 0.3) is 0 Å². The predicted molar refractivity (Wildman–Crippen MR) is 72.1 cm³/mol. The molecule has 0 aromatic carbocycles. The van der Waals surface area contributed by atoms with Crippen LogP contribution in [0.4, 0.5) is 0 Å². The van der Waals surface area contributed by atoms with E-state index in [4.69, 9.17) is 0 Å². The first-order chi connectivity index (χ1) is 7.63. The molecule has 2 atom stereocenters. The topological polar surface area (TPSA) is 29.1 Å². The minimum absolute atomic E-state index is 0.482. The van der Waals surface area contributed by atoms with Crippen LogP contribution >= 0.6 is 0 Å². The van der Waals surface area contributed by atoms with E-state index in [0.29, 0.717) is 12.0 Å². The maximum atomic E-state index is 11.9. The normalized spacial score (nSPS) is 21.5. The summed E-state index contributed by atoms with van der Waals surface area (Å²) in [5, 5.41) is 3.37. The lowest BCUT2D eigenvalue weighted by Crippen LogP contribution is -2.37. The summed E-state index contributed by atoms with van der Waals surface area (Å²) < 4.78 is 11.9. The fourth-order valence-corrected chi connectivity index (χ4v) is 4.21. The molecule has 2 nitrogen and oxygen atoms in total. The van der Waals surface area contributed by atoms with Crippen molar-refractivity contribution in [1.82, 2.24) is 5.32 Å². The van der Waals surface area contributed by atoms with Crippen LogP contribution in [-0.2, 0) is 10.8 Å². The molecule has 1 aliphatic carbocycles. The number of nitrogens with one attached hydrogen (secondary N) is 1. The van der Waals surface area contributed by atoms with Gasteiger partial charge in [-0.1, -0.05) is 26.7 Å². The Bertz CT molecular complexity index is 212. The fraction of sp³-hybridized carbons (Fsp3) is 1.00. The number of rotatable bonds is 7. The highest BCUT2D eigenvalue weighted by molar-refractivity contribution is 7.85. The van der Waals surface area contributed by atoms with Gasteiger partial charge in [-0.2, -0.15) is 0 Å². The average molecular weight is 245 g/mol. The van der Waals surface area contributed by atoms with E-state index in [1.54, 1.807) is 0 Å². The molecule has 1 fully saturated rings. The SMILES string of the molecule is CNC(CS(=O)CCC(C)C)C1CCCC1. The Kier molecular flexibility index (Phi) is 6.59. The highest BCUT2D eigenvalue weighted by Gasteiger charge is 2.25. The molecule has 0 amide bonds. The molecule has 16 heavy (non-hydrogen) atoms. The van der Waals surface area contributed by atoms with Gasteiger partial charge in [0.15, 0.2) is 0 Å². The molecule has 3 heteroatoms. The Balaban J connectivity index is 2.28. The quantitative estimate of drug-likeness (QED) is 0.747. The van der Waals surface area contributed by atoms with Gasteiger partial charge in [0.2, 0.25) is 0 Å². The van der Waals surface area contributed by atoms with Gasteiger partial charge in [0, 0.05) is 28.3 Å². The molecular formula is C13H27NOS. The van der Waals surface area contributed by atoms with E-state index in [1.165, 1.54) is 25.7 Å². The van der Waals surface area contributed by atoms with Crippen LogP contribution in [0.15, 0.2) is 0 Å². The molecule has 0 aliphatic heterocycles. The van der Waals surface area contributed by atoms with Gasteiger partial charge in [0.1, 0.15) is 0 Å². The predicted octanol–water partition coefficient (Wildman–Crippen LogP) is 2.56. The summed E-state index contributed by atoms with van der Waals surface area (Å²) in [6, 6.07) is 0.482. The van der Waals surface area contributed by atoms with Gasteiger partial charge in [-0.05, 0) is 38.1 Å². The minimum Gasteiger partial charge on any atom is -0.316 e. The van der Waals surface area contributed by atoms with Crippen LogP contribution in [-0.4, -0.2) is 28.8 Å².